The molecular formula is C14H19NO. The fourth-order valence-electron chi connectivity index (χ4n) is 1.91. The molecule has 0 amide bonds. The Hall–Kier alpha value is -1.15. The van der Waals surface area contributed by atoms with E-state index in [9.17, 15) is 4.79 Å². The molecule has 0 radical (unpaired) electrons. The van der Waals surface area contributed by atoms with Gasteiger partial charge in [0.2, 0.25) is 0 Å². The van der Waals surface area contributed by atoms with Crippen molar-refractivity contribution in [2.45, 2.75) is 32.1 Å². The van der Waals surface area contributed by atoms with Gasteiger partial charge in [-0.15, -0.1) is 0 Å². The van der Waals surface area contributed by atoms with E-state index >= 15 is 0 Å². The van der Waals surface area contributed by atoms with E-state index in [0.717, 1.165) is 24.3 Å². The van der Waals surface area contributed by atoms with E-state index in [1.165, 1.54) is 18.4 Å². The molecule has 1 fully saturated rings. The van der Waals surface area contributed by atoms with Gasteiger partial charge in [0.05, 0.1) is 0 Å². The van der Waals surface area contributed by atoms with E-state index in [0.29, 0.717) is 13.0 Å². The van der Waals surface area contributed by atoms with Gasteiger partial charge >= 0.3 is 0 Å². The van der Waals surface area contributed by atoms with Crippen molar-refractivity contribution in [1.82, 2.24) is 0 Å². The molecule has 0 aromatic heterocycles. The van der Waals surface area contributed by atoms with E-state index in [4.69, 9.17) is 5.73 Å². The lowest BCUT2D eigenvalue weighted by Gasteiger charge is -2.02. The number of benzene rings is 1. The molecule has 86 valence electrons. The molecule has 1 aromatic carbocycles. The fourth-order valence-corrected chi connectivity index (χ4v) is 1.91. The van der Waals surface area contributed by atoms with Crippen molar-refractivity contribution < 1.29 is 4.79 Å². The van der Waals surface area contributed by atoms with Crippen LogP contribution in [0.5, 0.6) is 0 Å². The van der Waals surface area contributed by atoms with Gasteiger partial charge in [0.15, 0.2) is 5.78 Å². The minimum absolute atomic E-state index is 0.284. The Morgan fingerprint density at radius 1 is 1.25 bits per heavy atom. The Morgan fingerprint density at radius 2 is 1.94 bits per heavy atom. The molecule has 0 unspecified atom stereocenters. The molecule has 1 saturated carbocycles. The zero-order chi connectivity index (χ0) is 11.4. The molecule has 1 aliphatic carbocycles. The molecule has 2 nitrogen and oxygen atoms in total. The molecule has 2 rings (SSSR count). The van der Waals surface area contributed by atoms with Crippen molar-refractivity contribution in [2.24, 2.45) is 11.7 Å². The maximum absolute atomic E-state index is 11.8. The second-order valence-electron chi connectivity index (χ2n) is 4.64. The fraction of sp³-hybridized carbons (Fsp3) is 0.500. The Kier molecular flexibility index (Phi) is 3.73. The summed E-state index contributed by atoms with van der Waals surface area (Å²) in [6, 6.07) is 7.88. The second kappa shape index (κ2) is 5.26. The van der Waals surface area contributed by atoms with E-state index in [1.54, 1.807) is 0 Å². The van der Waals surface area contributed by atoms with Crippen LogP contribution in [0, 0.1) is 5.92 Å². The van der Waals surface area contributed by atoms with Crippen LogP contribution >= 0.6 is 0 Å². The average Bonchev–Trinajstić information content (AvgIpc) is 3.11. The molecule has 0 spiro atoms. The van der Waals surface area contributed by atoms with Crippen LogP contribution in [0.1, 0.15) is 41.6 Å². The van der Waals surface area contributed by atoms with Crippen molar-refractivity contribution in [2.75, 3.05) is 6.54 Å². The highest BCUT2D eigenvalue weighted by Crippen LogP contribution is 2.33. The number of nitrogens with two attached hydrogens (primary N) is 1. The second-order valence-corrected chi connectivity index (χ2v) is 4.64. The summed E-state index contributed by atoms with van der Waals surface area (Å²) in [5.41, 5.74) is 7.54. The van der Waals surface area contributed by atoms with Crippen LogP contribution in [0.15, 0.2) is 24.3 Å². The first-order valence-corrected chi connectivity index (χ1v) is 6.12. The van der Waals surface area contributed by atoms with E-state index in [-0.39, 0.29) is 5.78 Å². The largest absolute Gasteiger partial charge is 0.330 e. The van der Waals surface area contributed by atoms with Crippen molar-refractivity contribution >= 4 is 5.78 Å². The standard InChI is InChI=1S/C14H19NO/c15-10-9-12-3-6-13(7-4-12)14(16)8-5-11-1-2-11/h3-4,6-7,11H,1-2,5,8-10,15H2. The smallest absolute Gasteiger partial charge is 0.162 e. The summed E-state index contributed by atoms with van der Waals surface area (Å²) in [6.07, 6.45) is 5.31. The SMILES string of the molecule is NCCc1ccc(C(=O)CCC2CC2)cc1. The van der Waals surface area contributed by atoms with Gasteiger partial charge in [-0.1, -0.05) is 37.1 Å². The number of hydrogen-bond donors (Lipinski definition) is 1. The highest BCUT2D eigenvalue weighted by Gasteiger charge is 2.22. The summed E-state index contributed by atoms with van der Waals surface area (Å²) in [6.45, 7) is 0.662. The number of Topliss-reactive ketones (excluding diaryl/α,β-unsaturated/α-hetero) is 1. The van der Waals surface area contributed by atoms with Crippen LogP contribution in [-0.2, 0) is 6.42 Å². The molecule has 0 bridgehead atoms. The number of carbonyl (C=O) groups is 1. The van der Waals surface area contributed by atoms with Crippen LogP contribution in [-0.4, -0.2) is 12.3 Å². The molecule has 1 aromatic rings. The van der Waals surface area contributed by atoms with Crippen molar-refractivity contribution in [3.8, 4) is 0 Å². The lowest BCUT2D eigenvalue weighted by Crippen LogP contribution is -2.04. The van der Waals surface area contributed by atoms with Gasteiger partial charge in [0.25, 0.3) is 0 Å². The predicted octanol–water partition coefficient (Wildman–Crippen LogP) is 2.56. The van der Waals surface area contributed by atoms with Crippen molar-refractivity contribution in [3.05, 3.63) is 35.4 Å². The maximum atomic E-state index is 11.8. The summed E-state index contributed by atoms with van der Waals surface area (Å²) in [5.74, 6) is 1.12. The topological polar surface area (TPSA) is 43.1 Å². The van der Waals surface area contributed by atoms with Crippen LogP contribution in [0.3, 0.4) is 0 Å². The Morgan fingerprint density at radius 3 is 2.50 bits per heavy atom. The minimum Gasteiger partial charge on any atom is -0.330 e. The summed E-state index contributed by atoms with van der Waals surface area (Å²) in [5, 5.41) is 0. The van der Waals surface area contributed by atoms with Crippen LogP contribution in [0.4, 0.5) is 0 Å². The predicted molar refractivity (Wildman–Crippen MR) is 65.5 cm³/mol. The molecule has 0 aliphatic heterocycles. The Bertz CT molecular complexity index is 352. The van der Waals surface area contributed by atoms with Gasteiger partial charge in [-0.25, -0.2) is 0 Å². The number of ketones is 1. The number of carbonyl (C=O) groups excluding carboxylic acids is 1. The van der Waals surface area contributed by atoms with Crippen LogP contribution in [0.25, 0.3) is 0 Å². The third kappa shape index (κ3) is 3.17. The normalized spacial score (nSPS) is 15.1. The van der Waals surface area contributed by atoms with E-state index < -0.39 is 0 Å². The lowest BCUT2D eigenvalue weighted by atomic mass is 10.0. The van der Waals surface area contributed by atoms with Gasteiger partial charge in [-0.05, 0) is 30.9 Å². The molecule has 0 saturated heterocycles. The summed E-state index contributed by atoms with van der Waals surface area (Å²) in [4.78, 5) is 11.8. The zero-order valence-electron chi connectivity index (χ0n) is 9.61. The van der Waals surface area contributed by atoms with Crippen LogP contribution in [0.2, 0.25) is 0 Å². The summed E-state index contributed by atoms with van der Waals surface area (Å²) < 4.78 is 0. The first-order chi connectivity index (χ1) is 7.79. The summed E-state index contributed by atoms with van der Waals surface area (Å²) in [7, 11) is 0. The van der Waals surface area contributed by atoms with Crippen LogP contribution < -0.4 is 5.73 Å². The minimum atomic E-state index is 0.284. The van der Waals surface area contributed by atoms with Crippen molar-refractivity contribution in [1.29, 1.82) is 0 Å². The number of hydrogen-bond acceptors (Lipinski definition) is 2. The molecule has 0 atom stereocenters. The lowest BCUT2D eigenvalue weighted by molar-refractivity contribution is 0.0978. The van der Waals surface area contributed by atoms with Gasteiger partial charge in [-0.2, -0.15) is 0 Å². The van der Waals surface area contributed by atoms with Gasteiger partial charge in [-0.3, -0.25) is 4.79 Å². The molecule has 1 aliphatic rings. The third-order valence-corrected chi connectivity index (χ3v) is 3.19. The Labute approximate surface area is 96.8 Å². The summed E-state index contributed by atoms with van der Waals surface area (Å²) >= 11 is 0. The quantitative estimate of drug-likeness (QED) is 0.744. The molecule has 0 heterocycles. The third-order valence-electron chi connectivity index (χ3n) is 3.19. The molecule has 2 N–H and O–H groups in total. The Balaban J connectivity index is 1.88. The molecule has 2 heteroatoms. The van der Waals surface area contributed by atoms with Gasteiger partial charge in [0.1, 0.15) is 0 Å². The van der Waals surface area contributed by atoms with Gasteiger partial charge < -0.3 is 5.73 Å². The monoisotopic (exact) mass is 217 g/mol. The molecule has 16 heavy (non-hydrogen) atoms. The highest BCUT2D eigenvalue weighted by molar-refractivity contribution is 5.96. The zero-order valence-corrected chi connectivity index (χ0v) is 9.61. The first-order valence-electron chi connectivity index (χ1n) is 6.12. The van der Waals surface area contributed by atoms with E-state index in [2.05, 4.69) is 0 Å². The van der Waals surface area contributed by atoms with E-state index in [1.807, 2.05) is 24.3 Å². The average molecular weight is 217 g/mol. The highest BCUT2D eigenvalue weighted by atomic mass is 16.1. The maximum Gasteiger partial charge on any atom is 0.162 e. The molecular weight excluding hydrogens is 198 g/mol. The van der Waals surface area contributed by atoms with Crippen molar-refractivity contribution in [3.63, 3.8) is 0 Å². The number of rotatable bonds is 6. The van der Waals surface area contributed by atoms with Gasteiger partial charge in [0, 0.05) is 12.0 Å². The first kappa shape index (κ1) is 11.3.